The Morgan fingerprint density at radius 2 is 1.69 bits per heavy atom. The SMILES string of the molecule is CC(C)OC(=O)N1CCC(CC2COC(c3ccc(S(C)(=O)=O)cc3)OC2)CC1. The summed E-state index contributed by atoms with van der Waals surface area (Å²) < 4.78 is 40.2. The first kappa shape index (κ1) is 22.1. The van der Waals surface area contributed by atoms with Crippen LogP contribution in [-0.4, -0.2) is 58.1 Å². The van der Waals surface area contributed by atoms with Gasteiger partial charge >= 0.3 is 6.09 Å². The quantitative estimate of drug-likeness (QED) is 0.719. The van der Waals surface area contributed by atoms with Crippen molar-refractivity contribution in [3.63, 3.8) is 0 Å². The molecule has 0 radical (unpaired) electrons. The first-order chi connectivity index (χ1) is 13.7. The third-order valence-corrected chi connectivity index (χ3v) is 6.55. The average molecular weight is 426 g/mol. The van der Waals surface area contributed by atoms with E-state index in [2.05, 4.69) is 0 Å². The summed E-state index contributed by atoms with van der Waals surface area (Å²) in [6, 6.07) is 6.66. The third kappa shape index (κ3) is 6.17. The minimum atomic E-state index is -3.21. The van der Waals surface area contributed by atoms with E-state index in [-0.39, 0.29) is 12.2 Å². The normalized spacial score (nSPS) is 23.9. The van der Waals surface area contributed by atoms with E-state index in [1.165, 1.54) is 6.26 Å². The second-order valence-corrected chi connectivity index (χ2v) is 10.3. The number of likely N-dealkylation sites (tertiary alicyclic amines) is 1. The zero-order valence-electron chi connectivity index (χ0n) is 17.4. The number of benzene rings is 1. The van der Waals surface area contributed by atoms with E-state index in [0.717, 1.165) is 37.9 Å². The molecule has 8 heteroatoms. The molecule has 0 aromatic heterocycles. The van der Waals surface area contributed by atoms with Gasteiger partial charge in [-0.3, -0.25) is 0 Å². The van der Waals surface area contributed by atoms with E-state index in [0.29, 0.717) is 29.9 Å². The molecule has 0 bridgehead atoms. The van der Waals surface area contributed by atoms with Gasteiger partial charge in [0, 0.05) is 30.8 Å². The Morgan fingerprint density at radius 3 is 2.21 bits per heavy atom. The van der Waals surface area contributed by atoms with Gasteiger partial charge in [0.05, 0.1) is 24.2 Å². The smallest absolute Gasteiger partial charge is 0.410 e. The minimum Gasteiger partial charge on any atom is -0.447 e. The van der Waals surface area contributed by atoms with Crippen LogP contribution in [0.25, 0.3) is 0 Å². The number of carbonyl (C=O) groups excluding carboxylic acids is 1. The Hall–Kier alpha value is -1.64. The topological polar surface area (TPSA) is 82.1 Å². The van der Waals surface area contributed by atoms with Gasteiger partial charge < -0.3 is 19.1 Å². The predicted octanol–water partition coefficient (Wildman–Crippen LogP) is 3.40. The first-order valence-electron chi connectivity index (χ1n) is 10.2. The highest BCUT2D eigenvalue weighted by Gasteiger charge is 2.29. The molecular formula is C21H31NO6S. The van der Waals surface area contributed by atoms with Gasteiger partial charge in [-0.25, -0.2) is 13.2 Å². The maximum absolute atomic E-state index is 12.0. The molecule has 2 heterocycles. The van der Waals surface area contributed by atoms with Crippen molar-refractivity contribution >= 4 is 15.9 Å². The van der Waals surface area contributed by atoms with E-state index < -0.39 is 16.1 Å². The van der Waals surface area contributed by atoms with E-state index in [9.17, 15) is 13.2 Å². The molecule has 0 spiro atoms. The number of carbonyl (C=O) groups is 1. The lowest BCUT2D eigenvalue weighted by Gasteiger charge is -2.35. The van der Waals surface area contributed by atoms with Crippen LogP contribution in [0.3, 0.4) is 0 Å². The standard InChI is InChI=1S/C21H31NO6S/c1-15(2)28-21(23)22-10-8-16(9-11-22)12-17-13-26-20(27-14-17)18-4-6-19(7-5-18)29(3,24)25/h4-7,15-17,20H,8-14H2,1-3H3. The Bertz CT molecular complexity index is 776. The molecular weight excluding hydrogens is 394 g/mol. The summed E-state index contributed by atoms with van der Waals surface area (Å²) >= 11 is 0. The molecule has 2 aliphatic heterocycles. The summed E-state index contributed by atoms with van der Waals surface area (Å²) in [5.74, 6) is 0.890. The van der Waals surface area contributed by atoms with Gasteiger partial charge in [0.2, 0.25) is 0 Å². The summed E-state index contributed by atoms with van der Waals surface area (Å²) in [6.07, 6.45) is 3.40. The zero-order chi connectivity index (χ0) is 21.0. The Kier molecular flexibility index (Phi) is 7.19. The summed E-state index contributed by atoms with van der Waals surface area (Å²) in [5, 5.41) is 0. The molecule has 0 saturated carbocycles. The molecule has 0 atom stereocenters. The van der Waals surface area contributed by atoms with E-state index in [1.54, 1.807) is 29.2 Å². The highest BCUT2D eigenvalue weighted by Crippen LogP contribution is 2.31. The van der Waals surface area contributed by atoms with Crippen molar-refractivity contribution in [2.75, 3.05) is 32.6 Å². The van der Waals surface area contributed by atoms with Crippen molar-refractivity contribution in [3.05, 3.63) is 29.8 Å². The van der Waals surface area contributed by atoms with Crippen LogP contribution in [0.2, 0.25) is 0 Å². The summed E-state index contributed by atoms with van der Waals surface area (Å²) in [7, 11) is -3.21. The van der Waals surface area contributed by atoms with E-state index >= 15 is 0 Å². The van der Waals surface area contributed by atoms with Crippen LogP contribution in [0.15, 0.2) is 29.2 Å². The van der Waals surface area contributed by atoms with Crippen LogP contribution in [0.1, 0.15) is 45.0 Å². The van der Waals surface area contributed by atoms with Crippen molar-refractivity contribution in [2.24, 2.45) is 11.8 Å². The van der Waals surface area contributed by atoms with Gasteiger partial charge in [-0.15, -0.1) is 0 Å². The molecule has 2 aliphatic rings. The fourth-order valence-corrected chi connectivity index (χ4v) is 4.47. The highest BCUT2D eigenvalue weighted by molar-refractivity contribution is 7.90. The molecule has 1 aromatic rings. The zero-order valence-corrected chi connectivity index (χ0v) is 18.2. The van der Waals surface area contributed by atoms with Gasteiger partial charge in [-0.1, -0.05) is 12.1 Å². The maximum atomic E-state index is 12.0. The lowest BCUT2D eigenvalue weighted by Crippen LogP contribution is -2.40. The molecule has 2 fully saturated rings. The van der Waals surface area contributed by atoms with Gasteiger partial charge in [-0.2, -0.15) is 0 Å². The van der Waals surface area contributed by atoms with Crippen LogP contribution in [0, 0.1) is 11.8 Å². The number of ether oxygens (including phenoxy) is 3. The number of nitrogens with zero attached hydrogens (tertiary/aromatic N) is 1. The molecule has 29 heavy (non-hydrogen) atoms. The second kappa shape index (κ2) is 9.45. The maximum Gasteiger partial charge on any atom is 0.410 e. The van der Waals surface area contributed by atoms with Crippen molar-refractivity contribution in [3.8, 4) is 0 Å². The average Bonchev–Trinajstić information content (AvgIpc) is 2.68. The summed E-state index contributed by atoms with van der Waals surface area (Å²) in [5.41, 5.74) is 0.827. The van der Waals surface area contributed by atoms with Crippen LogP contribution < -0.4 is 0 Å². The van der Waals surface area contributed by atoms with Gasteiger partial charge in [0.15, 0.2) is 16.1 Å². The fraction of sp³-hybridized carbons (Fsp3) is 0.667. The van der Waals surface area contributed by atoms with E-state index in [1.807, 2.05) is 13.8 Å². The molecule has 0 unspecified atom stereocenters. The predicted molar refractivity (Wildman–Crippen MR) is 108 cm³/mol. The van der Waals surface area contributed by atoms with Crippen molar-refractivity contribution in [1.29, 1.82) is 0 Å². The Balaban J connectivity index is 1.42. The summed E-state index contributed by atoms with van der Waals surface area (Å²) in [6.45, 7) is 6.43. The molecule has 7 nitrogen and oxygen atoms in total. The number of sulfone groups is 1. The van der Waals surface area contributed by atoms with E-state index in [4.69, 9.17) is 14.2 Å². The largest absolute Gasteiger partial charge is 0.447 e. The minimum absolute atomic E-state index is 0.0905. The lowest BCUT2D eigenvalue weighted by molar-refractivity contribution is -0.207. The molecule has 162 valence electrons. The Morgan fingerprint density at radius 1 is 1.10 bits per heavy atom. The van der Waals surface area contributed by atoms with Crippen molar-refractivity contribution in [2.45, 2.75) is 50.4 Å². The second-order valence-electron chi connectivity index (χ2n) is 8.30. The number of amides is 1. The van der Waals surface area contributed by atoms with Crippen LogP contribution in [-0.2, 0) is 24.0 Å². The number of rotatable bonds is 5. The highest BCUT2D eigenvalue weighted by atomic mass is 32.2. The molecule has 0 N–H and O–H groups in total. The van der Waals surface area contributed by atoms with Crippen LogP contribution in [0.4, 0.5) is 4.79 Å². The molecule has 2 saturated heterocycles. The third-order valence-electron chi connectivity index (χ3n) is 5.42. The van der Waals surface area contributed by atoms with Gasteiger partial charge in [0.25, 0.3) is 0 Å². The molecule has 1 aromatic carbocycles. The first-order valence-corrected chi connectivity index (χ1v) is 12.1. The number of hydrogen-bond acceptors (Lipinski definition) is 6. The Labute approximate surface area is 173 Å². The summed E-state index contributed by atoms with van der Waals surface area (Å²) in [4.78, 5) is 14.1. The van der Waals surface area contributed by atoms with Gasteiger partial charge in [-0.05, 0) is 51.2 Å². The molecule has 0 aliphatic carbocycles. The molecule has 3 rings (SSSR count). The number of hydrogen-bond donors (Lipinski definition) is 0. The lowest BCUT2D eigenvalue weighted by atomic mass is 9.87. The van der Waals surface area contributed by atoms with Crippen molar-refractivity contribution < 1.29 is 27.4 Å². The van der Waals surface area contributed by atoms with Crippen LogP contribution in [0.5, 0.6) is 0 Å². The van der Waals surface area contributed by atoms with Crippen LogP contribution >= 0.6 is 0 Å². The number of piperidine rings is 1. The van der Waals surface area contributed by atoms with Crippen molar-refractivity contribution in [1.82, 2.24) is 4.90 Å². The monoisotopic (exact) mass is 425 g/mol. The fourth-order valence-electron chi connectivity index (χ4n) is 3.84. The van der Waals surface area contributed by atoms with Gasteiger partial charge in [0.1, 0.15) is 0 Å². The molecule has 1 amide bonds.